The third kappa shape index (κ3) is 8.26. The molecule has 0 fully saturated rings. The molecule has 0 aromatic carbocycles. The minimum Gasteiger partial charge on any atom is -0.328 e. The van der Waals surface area contributed by atoms with E-state index in [1.807, 2.05) is 0 Å². The zero-order chi connectivity index (χ0) is 14.0. The van der Waals surface area contributed by atoms with Gasteiger partial charge in [0.1, 0.15) is 0 Å². The molecule has 1 heteroatoms. The highest BCUT2D eigenvalue weighted by atomic mass is 15.3. The van der Waals surface area contributed by atoms with Gasteiger partial charge in [-0.3, -0.25) is 0 Å². The molecule has 0 radical (unpaired) electrons. The average molecular weight is 264 g/mol. The normalized spacial score (nSPS) is 15.5. The van der Waals surface area contributed by atoms with Gasteiger partial charge in [-0.1, -0.05) is 69.8 Å². The number of rotatable bonds is 11. The molecule has 19 heavy (non-hydrogen) atoms. The van der Waals surface area contributed by atoms with Crippen LogP contribution in [-0.4, -0.2) is 31.7 Å². The largest absolute Gasteiger partial charge is 0.328 e. The van der Waals surface area contributed by atoms with Gasteiger partial charge in [0, 0.05) is 5.92 Å². The molecule has 1 rings (SSSR count). The summed E-state index contributed by atoms with van der Waals surface area (Å²) < 4.78 is 1.16. The lowest BCUT2D eigenvalue weighted by molar-refractivity contribution is -0.892. The van der Waals surface area contributed by atoms with Crippen LogP contribution in [0.2, 0.25) is 0 Å². The number of hydrogen-bond acceptors (Lipinski definition) is 0. The molecule has 0 bridgehead atoms. The van der Waals surface area contributed by atoms with Gasteiger partial charge < -0.3 is 4.48 Å². The summed E-state index contributed by atoms with van der Waals surface area (Å²) >= 11 is 0. The van der Waals surface area contributed by atoms with Crippen LogP contribution in [0, 0.1) is 5.92 Å². The molecule has 0 spiro atoms. The van der Waals surface area contributed by atoms with Gasteiger partial charge in [-0.25, -0.2) is 0 Å². The first kappa shape index (κ1) is 16.5. The lowest BCUT2D eigenvalue weighted by Gasteiger charge is -2.31. The smallest absolute Gasteiger partial charge is 0.0881 e. The highest BCUT2D eigenvalue weighted by Gasteiger charge is 2.19. The molecule has 110 valence electrons. The van der Waals surface area contributed by atoms with Crippen molar-refractivity contribution in [1.82, 2.24) is 0 Å². The first-order valence-electron chi connectivity index (χ1n) is 8.31. The minimum atomic E-state index is 0.670. The molecule has 1 aliphatic rings. The summed E-state index contributed by atoms with van der Waals surface area (Å²) in [7, 11) is 4.75. The van der Waals surface area contributed by atoms with E-state index in [0.29, 0.717) is 5.92 Å². The second kappa shape index (κ2) is 9.36. The van der Waals surface area contributed by atoms with Crippen molar-refractivity contribution in [1.29, 1.82) is 0 Å². The van der Waals surface area contributed by atoms with Crippen molar-refractivity contribution >= 4 is 0 Å². The number of hydrogen-bond donors (Lipinski definition) is 0. The Hall–Kier alpha value is -0.560. The van der Waals surface area contributed by atoms with Crippen LogP contribution >= 0.6 is 0 Å². The summed E-state index contributed by atoms with van der Waals surface area (Å²) in [6.07, 6.45) is 20.4. The SMILES string of the molecule is CCCCCCCCCC[N+](C)(C)CC1C=CC=C1. The van der Waals surface area contributed by atoms with E-state index >= 15 is 0 Å². The van der Waals surface area contributed by atoms with Crippen molar-refractivity contribution in [3.8, 4) is 0 Å². The van der Waals surface area contributed by atoms with Gasteiger partial charge in [0.05, 0.1) is 27.2 Å². The molecule has 0 aromatic heterocycles. The molecule has 0 atom stereocenters. The van der Waals surface area contributed by atoms with E-state index in [9.17, 15) is 0 Å². The van der Waals surface area contributed by atoms with E-state index < -0.39 is 0 Å². The number of unbranched alkanes of at least 4 members (excludes halogenated alkanes) is 7. The van der Waals surface area contributed by atoms with Crippen LogP contribution in [0.4, 0.5) is 0 Å². The predicted octanol–water partition coefficient (Wildman–Crippen LogP) is 4.95. The maximum Gasteiger partial charge on any atom is 0.0881 e. The summed E-state index contributed by atoms with van der Waals surface area (Å²) in [5, 5.41) is 0. The lowest BCUT2D eigenvalue weighted by atomic mass is 10.1. The summed E-state index contributed by atoms with van der Waals surface area (Å²) in [6.45, 7) is 4.87. The number of nitrogens with zero attached hydrogens (tertiary/aromatic N) is 1. The second-order valence-electron chi connectivity index (χ2n) is 6.75. The molecule has 0 amide bonds. The Balaban J connectivity index is 1.98. The molecule has 0 heterocycles. The fourth-order valence-corrected chi connectivity index (χ4v) is 2.94. The van der Waals surface area contributed by atoms with Crippen molar-refractivity contribution in [3.05, 3.63) is 24.3 Å². The number of allylic oxidation sites excluding steroid dienone is 2. The Kier molecular flexibility index (Phi) is 8.13. The van der Waals surface area contributed by atoms with Gasteiger partial charge in [-0.2, -0.15) is 0 Å². The molecule has 0 aromatic rings. The summed E-state index contributed by atoms with van der Waals surface area (Å²) in [5.74, 6) is 0.670. The van der Waals surface area contributed by atoms with Crippen molar-refractivity contribution in [2.24, 2.45) is 5.92 Å². The third-order valence-electron chi connectivity index (χ3n) is 4.15. The van der Waals surface area contributed by atoms with E-state index in [1.54, 1.807) is 0 Å². The molecular formula is C18H34N+. The first-order chi connectivity index (χ1) is 9.14. The van der Waals surface area contributed by atoms with Gasteiger partial charge in [0.15, 0.2) is 0 Å². The Bertz CT molecular complexity index is 263. The highest BCUT2D eigenvalue weighted by Crippen LogP contribution is 2.15. The highest BCUT2D eigenvalue weighted by molar-refractivity contribution is 5.17. The van der Waals surface area contributed by atoms with Crippen LogP contribution in [0.15, 0.2) is 24.3 Å². The third-order valence-corrected chi connectivity index (χ3v) is 4.15. The van der Waals surface area contributed by atoms with Crippen LogP contribution < -0.4 is 0 Å². The Morgan fingerprint density at radius 2 is 1.32 bits per heavy atom. The predicted molar refractivity (Wildman–Crippen MR) is 86.2 cm³/mol. The molecule has 0 saturated carbocycles. The standard InChI is InChI=1S/C18H34N/c1-4-5-6-7-8-9-10-13-16-19(2,3)17-18-14-11-12-15-18/h11-12,14-15,18H,4-10,13,16-17H2,1-3H3/q+1. The van der Waals surface area contributed by atoms with Gasteiger partial charge in [0.2, 0.25) is 0 Å². The van der Waals surface area contributed by atoms with Crippen LogP contribution in [0.25, 0.3) is 0 Å². The molecular weight excluding hydrogens is 230 g/mol. The lowest BCUT2D eigenvalue weighted by Crippen LogP contribution is -2.43. The molecule has 0 aliphatic heterocycles. The Morgan fingerprint density at radius 1 is 0.789 bits per heavy atom. The van der Waals surface area contributed by atoms with Gasteiger partial charge in [0.25, 0.3) is 0 Å². The quantitative estimate of drug-likeness (QED) is 0.366. The van der Waals surface area contributed by atoms with Crippen LogP contribution in [0.1, 0.15) is 58.3 Å². The van der Waals surface area contributed by atoms with Crippen molar-refractivity contribution < 1.29 is 4.48 Å². The van der Waals surface area contributed by atoms with Crippen molar-refractivity contribution in [2.45, 2.75) is 58.3 Å². The maximum absolute atomic E-state index is 2.38. The van der Waals surface area contributed by atoms with E-state index in [-0.39, 0.29) is 0 Å². The summed E-state index contributed by atoms with van der Waals surface area (Å²) in [6, 6.07) is 0. The number of quaternary nitrogens is 1. The fourth-order valence-electron chi connectivity index (χ4n) is 2.94. The molecule has 0 N–H and O–H groups in total. The monoisotopic (exact) mass is 264 g/mol. The van der Waals surface area contributed by atoms with Crippen LogP contribution in [-0.2, 0) is 0 Å². The summed E-state index contributed by atoms with van der Waals surface area (Å²) in [4.78, 5) is 0. The van der Waals surface area contributed by atoms with Gasteiger partial charge in [-0.05, 0) is 12.8 Å². The maximum atomic E-state index is 2.38. The van der Waals surface area contributed by atoms with Crippen LogP contribution in [0.5, 0.6) is 0 Å². The second-order valence-corrected chi connectivity index (χ2v) is 6.75. The van der Waals surface area contributed by atoms with Crippen molar-refractivity contribution in [2.75, 3.05) is 27.2 Å². The topological polar surface area (TPSA) is 0 Å². The molecule has 1 aliphatic carbocycles. The van der Waals surface area contributed by atoms with E-state index in [2.05, 4.69) is 45.3 Å². The van der Waals surface area contributed by atoms with Gasteiger partial charge >= 0.3 is 0 Å². The van der Waals surface area contributed by atoms with E-state index in [1.165, 1.54) is 64.5 Å². The summed E-state index contributed by atoms with van der Waals surface area (Å²) in [5.41, 5.74) is 0. The zero-order valence-electron chi connectivity index (χ0n) is 13.4. The first-order valence-corrected chi connectivity index (χ1v) is 8.31. The Labute approximate surface area is 121 Å². The van der Waals surface area contributed by atoms with E-state index in [4.69, 9.17) is 0 Å². The van der Waals surface area contributed by atoms with Gasteiger partial charge in [-0.15, -0.1) is 0 Å². The van der Waals surface area contributed by atoms with E-state index in [0.717, 1.165) is 4.48 Å². The Morgan fingerprint density at radius 3 is 1.89 bits per heavy atom. The molecule has 0 unspecified atom stereocenters. The van der Waals surface area contributed by atoms with Crippen molar-refractivity contribution in [3.63, 3.8) is 0 Å². The fraction of sp³-hybridized carbons (Fsp3) is 0.778. The average Bonchev–Trinajstić information content (AvgIpc) is 2.84. The molecule has 0 saturated heterocycles. The zero-order valence-corrected chi connectivity index (χ0v) is 13.4. The molecule has 1 nitrogen and oxygen atoms in total. The minimum absolute atomic E-state index is 0.670. The van der Waals surface area contributed by atoms with Crippen LogP contribution in [0.3, 0.4) is 0 Å².